The van der Waals surface area contributed by atoms with Crippen molar-refractivity contribution in [2.75, 3.05) is 5.73 Å². The minimum atomic E-state index is -0.222. The van der Waals surface area contributed by atoms with E-state index in [0.717, 1.165) is 5.56 Å². The molecule has 0 unspecified atom stereocenters. The maximum atomic E-state index is 12.1. The summed E-state index contributed by atoms with van der Waals surface area (Å²) < 4.78 is 0. The van der Waals surface area contributed by atoms with Crippen LogP contribution in [0.4, 0.5) is 5.69 Å². The average molecular weight is 303 g/mol. The predicted octanol–water partition coefficient (Wildman–Crippen LogP) is 3.98. The number of nitrogens with two attached hydrogens (primary N) is 1. The van der Waals surface area contributed by atoms with Gasteiger partial charge in [-0.15, -0.1) is 0 Å². The molecule has 0 aromatic heterocycles. The Morgan fingerprint density at radius 2 is 1.86 bits per heavy atom. The number of halogens is 1. The number of hydrogen-bond acceptors (Lipinski definition) is 2. The average Bonchev–Trinajstić information content (AvgIpc) is 2.48. The van der Waals surface area contributed by atoms with Crippen LogP contribution in [0.5, 0.6) is 0 Å². The van der Waals surface area contributed by atoms with E-state index in [1.165, 1.54) is 5.56 Å². The largest absolute Gasteiger partial charge is 0.398 e. The highest BCUT2D eigenvalue weighted by molar-refractivity contribution is 6.36. The van der Waals surface area contributed by atoms with Crippen molar-refractivity contribution < 1.29 is 4.79 Å². The summed E-state index contributed by atoms with van der Waals surface area (Å²) in [7, 11) is 0. The third-order valence-electron chi connectivity index (χ3n) is 3.37. The standard InChI is InChI=1S/C17H19ClN2O/c1-11(2)13-8-6-12(7-9-13)10-20-17(21)14-4-3-5-15(19)16(14)18/h3-9,11H,10,19H2,1-2H3,(H,20,21). The molecule has 0 aliphatic carbocycles. The Morgan fingerprint density at radius 1 is 1.19 bits per heavy atom. The molecule has 1 amide bonds. The van der Waals surface area contributed by atoms with E-state index >= 15 is 0 Å². The minimum Gasteiger partial charge on any atom is -0.398 e. The van der Waals surface area contributed by atoms with Crippen molar-refractivity contribution in [3.8, 4) is 0 Å². The van der Waals surface area contributed by atoms with Gasteiger partial charge in [0.05, 0.1) is 16.3 Å². The van der Waals surface area contributed by atoms with Crippen molar-refractivity contribution in [1.29, 1.82) is 0 Å². The fourth-order valence-electron chi connectivity index (χ4n) is 2.02. The van der Waals surface area contributed by atoms with Crippen molar-refractivity contribution in [3.63, 3.8) is 0 Å². The Bertz CT molecular complexity index is 636. The second-order valence-electron chi connectivity index (χ2n) is 5.29. The van der Waals surface area contributed by atoms with Gasteiger partial charge in [0.25, 0.3) is 5.91 Å². The molecule has 0 aliphatic heterocycles. The topological polar surface area (TPSA) is 55.1 Å². The smallest absolute Gasteiger partial charge is 0.253 e. The molecular formula is C17H19ClN2O. The van der Waals surface area contributed by atoms with Crippen LogP contribution in [0.2, 0.25) is 5.02 Å². The second-order valence-corrected chi connectivity index (χ2v) is 5.67. The maximum absolute atomic E-state index is 12.1. The van der Waals surface area contributed by atoms with Crippen LogP contribution in [0, 0.1) is 0 Å². The van der Waals surface area contributed by atoms with Gasteiger partial charge in [-0.3, -0.25) is 4.79 Å². The highest BCUT2D eigenvalue weighted by atomic mass is 35.5. The van der Waals surface area contributed by atoms with Crippen molar-refractivity contribution >= 4 is 23.2 Å². The fraction of sp³-hybridized carbons (Fsp3) is 0.235. The summed E-state index contributed by atoms with van der Waals surface area (Å²) in [6.45, 7) is 4.76. The number of carbonyl (C=O) groups is 1. The highest BCUT2D eigenvalue weighted by Crippen LogP contribution is 2.23. The van der Waals surface area contributed by atoms with Crippen LogP contribution >= 0.6 is 11.6 Å². The Hall–Kier alpha value is -2.00. The van der Waals surface area contributed by atoms with Crippen LogP contribution < -0.4 is 11.1 Å². The zero-order chi connectivity index (χ0) is 15.4. The summed E-state index contributed by atoms with van der Waals surface area (Å²) in [5.74, 6) is 0.278. The summed E-state index contributed by atoms with van der Waals surface area (Å²) in [6.07, 6.45) is 0. The van der Waals surface area contributed by atoms with Crippen molar-refractivity contribution in [2.24, 2.45) is 0 Å². The molecule has 21 heavy (non-hydrogen) atoms. The third kappa shape index (κ3) is 3.76. The van der Waals surface area contributed by atoms with E-state index in [1.807, 2.05) is 12.1 Å². The quantitative estimate of drug-likeness (QED) is 0.839. The molecule has 0 heterocycles. The van der Waals surface area contributed by atoms with Gasteiger partial charge in [0.15, 0.2) is 0 Å². The first-order valence-electron chi connectivity index (χ1n) is 6.90. The van der Waals surface area contributed by atoms with Crippen molar-refractivity contribution in [2.45, 2.75) is 26.3 Å². The Balaban J connectivity index is 2.02. The number of amides is 1. The molecule has 0 saturated heterocycles. The van der Waals surface area contributed by atoms with Gasteiger partial charge in [-0.25, -0.2) is 0 Å². The lowest BCUT2D eigenvalue weighted by Gasteiger charge is -2.09. The lowest BCUT2D eigenvalue weighted by Crippen LogP contribution is -2.23. The molecule has 2 aromatic rings. The highest BCUT2D eigenvalue weighted by Gasteiger charge is 2.11. The number of anilines is 1. The van der Waals surface area contributed by atoms with E-state index in [1.54, 1.807) is 18.2 Å². The van der Waals surface area contributed by atoms with Crippen LogP contribution in [0.3, 0.4) is 0 Å². The summed E-state index contributed by atoms with van der Waals surface area (Å²) in [4.78, 5) is 12.1. The van der Waals surface area contributed by atoms with Gasteiger partial charge in [0.1, 0.15) is 0 Å². The summed E-state index contributed by atoms with van der Waals surface area (Å²) in [5.41, 5.74) is 8.84. The molecule has 110 valence electrons. The van der Waals surface area contributed by atoms with Gasteiger partial charge >= 0.3 is 0 Å². The van der Waals surface area contributed by atoms with Gasteiger partial charge in [0, 0.05) is 6.54 Å². The Kier molecular flexibility index (Phi) is 4.86. The SMILES string of the molecule is CC(C)c1ccc(CNC(=O)c2cccc(N)c2Cl)cc1. The summed E-state index contributed by atoms with van der Waals surface area (Å²) >= 11 is 6.04. The second kappa shape index (κ2) is 6.64. The van der Waals surface area contributed by atoms with Gasteiger partial charge in [-0.1, -0.05) is 55.8 Å². The fourth-order valence-corrected chi connectivity index (χ4v) is 2.23. The van der Waals surface area contributed by atoms with E-state index in [2.05, 4.69) is 31.3 Å². The lowest BCUT2D eigenvalue weighted by atomic mass is 10.0. The lowest BCUT2D eigenvalue weighted by molar-refractivity contribution is 0.0951. The number of nitrogen functional groups attached to an aromatic ring is 1. The maximum Gasteiger partial charge on any atom is 0.253 e. The molecule has 0 spiro atoms. The van der Waals surface area contributed by atoms with Crippen LogP contribution in [-0.4, -0.2) is 5.91 Å². The number of rotatable bonds is 4. The molecule has 3 nitrogen and oxygen atoms in total. The minimum absolute atomic E-state index is 0.222. The van der Waals surface area contributed by atoms with Gasteiger partial charge in [-0.2, -0.15) is 0 Å². The number of carbonyl (C=O) groups excluding carboxylic acids is 1. The molecule has 0 fully saturated rings. The molecule has 0 bridgehead atoms. The van der Waals surface area contributed by atoms with Crippen LogP contribution in [0.1, 0.15) is 41.3 Å². The first-order chi connectivity index (χ1) is 9.99. The van der Waals surface area contributed by atoms with Gasteiger partial charge in [0.2, 0.25) is 0 Å². The van der Waals surface area contributed by atoms with Crippen LogP contribution in [-0.2, 0) is 6.54 Å². The van der Waals surface area contributed by atoms with E-state index in [4.69, 9.17) is 17.3 Å². The van der Waals surface area contributed by atoms with Crippen molar-refractivity contribution in [1.82, 2.24) is 5.32 Å². The molecule has 4 heteroatoms. The summed E-state index contributed by atoms with van der Waals surface area (Å²) in [6, 6.07) is 13.3. The molecule has 3 N–H and O–H groups in total. The zero-order valence-corrected chi connectivity index (χ0v) is 12.9. The molecular weight excluding hydrogens is 284 g/mol. The zero-order valence-electron chi connectivity index (χ0n) is 12.2. The van der Waals surface area contributed by atoms with Crippen molar-refractivity contribution in [3.05, 3.63) is 64.2 Å². The molecule has 0 saturated carbocycles. The van der Waals surface area contributed by atoms with Gasteiger partial charge < -0.3 is 11.1 Å². The molecule has 0 aliphatic rings. The normalized spacial score (nSPS) is 10.7. The van der Waals surface area contributed by atoms with E-state index < -0.39 is 0 Å². The predicted molar refractivity (Wildman–Crippen MR) is 87.6 cm³/mol. The Morgan fingerprint density at radius 3 is 2.48 bits per heavy atom. The number of hydrogen-bond donors (Lipinski definition) is 2. The Labute approximate surface area is 130 Å². The molecule has 0 radical (unpaired) electrons. The van der Waals surface area contributed by atoms with Crippen LogP contribution in [0.15, 0.2) is 42.5 Å². The van der Waals surface area contributed by atoms with E-state index in [0.29, 0.717) is 28.7 Å². The third-order valence-corrected chi connectivity index (χ3v) is 3.79. The molecule has 2 aromatic carbocycles. The van der Waals surface area contributed by atoms with E-state index in [-0.39, 0.29) is 5.91 Å². The first kappa shape index (κ1) is 15.4. The van der Waals surface area contributed by atoms with E-state index in [9.17, 15) is 4.79 Å². The monoisotopic (exact) mass is 302 g/mol. The van der Waals surface area contributed by atoms with Crippen LogP contribution in [0.25, 0.3) is 0 Å². The molecule has 0 atom stereocenters. The number of benzene rings is 2. The van der Waals surface area contributed by atoms with Gasteiger partial charge in [-0.05, 0) is 29.2 Å². The number of nitrogens with one attached hydrogen (secondary N) is 1. The summed E-state index contributed by atoms with van der Waals surface area (Å²) in [5, 5.41) is 3.15. The molecule has 2 rings (SSSR count). The first-order valence-corrected chi connectivity index (χ1v) is 7.28.